The van der Waals surface area contributed by atoms with Gasteiger partial charge in [-0.25, -0.2) is 4.98 Å². The number of rotatable bonds is 4. The van der Waals surface area contributed by atoms with Crippen LogP contribution in [0.3, 0.4) is 0 Å². The second kappa shape index (κ2) is 7.03. The van der Waals surface area contributed by atoms with Crippen molar-refractivity contribution in [3.8, 4) is 0 Å². The molecule has 1 saturated heterocycles. The second-order valence-corrected chi connectivity index (χ2v) is 6.48. The number of benzene rings is 2. The molecule has 0 aliphatic carbocycles. The number of para-hydroxylation sites is 3. The van der Waals surface area contributed by atoms with Crippen molar-refractivity contribution in [2.24, 2.45) is 0 Å². The Hall–Kier alpha value is -3.48. The molecule has 2 heterocycles. The zero-order chi connectivity index (χ0) is 18.8. The van der Waals surface area contributed by atoms with E-state index in [1.165, 1.54) is 18.2 Å². The summed E-state index contributed by atoms with van der Waals surface area (Å²) >= 11 is 0. The van der Waals surface area contributed by atoms with Gasteiger partial charge in [0.2, 0.25) is 5.91 Å². The molecule has 1 N–H and O–H groups in total. The van der Waals surface area contributed by atoms with Crippen molar-refractivity contribution in [1.29, 1.82) is 0 Å². The van der Waals surface area contributed by atoms with E-state index in [-0.39, 0.29) is 17.6 Å². The Morgan fingerprint density at radius 2 is 2.00 bits per heavy atom. The summed E-state index contributed by atoms with van der Waals surface area (Å²) in [6.07, 6.45) is 4.65. The number of aromatic amines is 1. The predicted molar refractivity (Wildman–Crippen MR) is 102 cm³/mol. The lowest BCUT2D eigenvalue weighted by Gasteiger charge is -2.21. The Kier molecular flexibility index (Phi) is 4.42. The molecule has 0 radical (unpaired) electrons. The molecule has 7 nitrogen and oxygen atoms in total. The van der Waals surface area contributed by atoms with E-state index in [1.54, 1.807) is 23.1 Å². The van der Waals surface area contributed by atoms with Crippen LogP contribution in [0.5, 0.6) is 0 Å². The SMILES string of the molecule is O=C(/C=C/c1ccccc1[N+](=O)[O-])N1CCCC1c1nc2ccccc2[nH]1. The monoisotopic (exact) mass is 362 g/mol. The normalized spacial score (nSPS) is 17.0. The molecule has 1 aromatic heterocycles. The van der Waals surface area contributed by atoms with Crippen LogP contribution in [-0.4, -0.2) is 32.2 Å². The van der Waals surface area contributed by atoms with Gasteiger partial charge in [0.25, 0.3) is 5.69 Å². The number of H-pyrrole nitrogens is 1. The first-order chi connectivity index (χ1) is 13.1. The maximum Gasteiger partial charge on any atom is 0.276 e. The first kappa shape index (κ1) is 17.0. The van der Waals surface area contributed by atoms with Gasteiger partial charge in [0, 0.05) is 18.7 Å². The topological polar surface area (TPSA) is 92.1 Å². The molecule has 136 valence electrons. The van der Waals surface area contributed by atoms with Crippen molar-refractivity contribution in [3.05, 3.63) is 76.1 Å². The lowest BCUT2D eigenvalue weighted by molar-refractivity contribution is -0.385. The predicted octanol–water partition coefficient (Wildman–Crippen LogP) is 3.85. The van der Waals surface area contributed by atoms with Gasteiger partial charge in [-0.1, -0.05) is 24.3 Å². The van der Waals surface area contributed by atoms with Crippen molar-refractivity contribution in [2.45, 2.75) is 18.9 Å². The van der Waals surface area contributed by atoms with E-state index in [4.69, 9.17) is 0 Å². The lowest BCUT2D eigenvalue weighted by atomic mass is 10.1. The summed E-state index contributed by atoms with van der Waals surface area (Å²) in [6.45, 7) is 0.641. The number of hydrogen-bond acceptors (Lipinski definition) is 4. The highest BCUT2D eigenvalue weighted by molar-refractivity contribution is 5.93. The third kappa shape index (κ3) is 3.31. The standard InChI is InChI=1S/C20H18N4O3/c25-19(12-11-14-6-1-4-9-17(14)24(26)27)23-13-5-10-18(23)20-21-15-7-2-3-8-16(15)22-20/h1-4,6-9,11-12,18H,5,10,13H2,(H,21,22)/b12-11+. The van der Waals surface area contributed by atoms with Crippen molar-refractivity contribution < 1.29 is 9.72 Å². The van der Waals surface area contributed by atoms with Crippen LogP contribution in [0.25, 0.3) is 17.1 Å². The molecule has 27 heavy (non-hydrogen) atoms. The van der Waals surface area contributed by atoms with Crippen LogP contribution in [0.4, 0.5) is 5.69 Å². The molecule has 2 aromatic carbocycles. The minimum Gasteiger partial charge on any atom is -0.340 e. The molecule has 4 rings (SSSR count). The van der Waals surface area contributed by atoms with E-state index >= 15 is 0 Å². The average Bonchev–Trinajstić information content (AvgIpc) is 3.32. The average molecular weight is 362 g/mol. The van der Waals surface area contributed by atoms with Gasteiger partial charge in [-0.2, -0.15) is 0 Å². The number of imidazole rings is 1. The van der Waals surface area contributed by atoms with Crippen LogP contribution < -0.4 is 0 Å². The Balaban J connectivity index is 1.57. The molecule has 1 amide bonds. The number of nitro benzene ring substituents is 1. The molecule has 0 spiro atoms. The van der Waals surface area contributed by atoms with Gasteiger partial charge in [-0.05, 0) is 37.1 Å². The molecular formula is C20H18N4O3. The summed E-state index contributed by atoms with van der Waals surface area (Å²) < 4.78 is 0. The quantitative estimate of drug-likeness (QED) is 0.433. The fourth-order valence-electron chi connectivity index (χ4n) is 3.50. The minimum absolute atomic E-state index is 0.0168. The number of nitrogens with one attached hydrogen (secondary N) is 1. The Morgan fingerprint density at radius 3 is 2.81 bits per heavy atom. The number of nitro groups is 1. The molecule has 7 heteroatoms. The van der Waals surface area contributed by atoms with E-state index in [9.17, 15) is 14.9 Å². The van der Waals surface area contributed by atoms with Crippen molar-refractivity contribution in [1.82, 2.24) is 14.9 Å². The Bertz CT molecular complexity index is 1010. The third-order valence-corrected chi connectivity index (χ3v) is 4.80. The van der Waals surface area contributed by atoms with Crippen LogP contribution >= 0.6 is 0 Å². The first-order valence-corrected chi connectivity index (χ1v) is 8.80. The van der Waals surface area contributed by atoms with Crippen molar-refractivity contribution in [3.63, 3.8) is 0 Å². The Morgan fingerprint density at radius 1 is 1.22 bits per heavy atom. The van der Waals surface area contributed by atoms with Gasteiger partial charge in [-0.15, -0.1) is 0 Å². The fourth-order valence-corrected chi connectivity index (χ4v) is 3.50. The van der Waals surface area contributed by atoms with E-state index in [0.29, 0.717) is 12.1 Å². The highest BCUT2D eigenvalue weighted by Crippen LogP contribution is 2.31. The van der Waals surface area contributed by atoms with Crippen LogP contribution in [0.1, 0.15) is 30.3 Å². The van der Waals surface area contributed by atoms with Crippen molar-refractivity contribution >= 4 is 28.7 Å². The molecule has 0 bridgehead atoms. The molecule has 3 aromatic rings. The van der Waals surface area contributed by atoms with Gasteiger partial charge in [-0.3, -0.25) is 14.9 Å². The number of likely N-dealkylation sites (tertiary alicyclic amines) is 1. The largest absolute Gasteiger partial charge is 0.340 e. The van der Waals surface area contributed by atoms with Gasteiger partial charge < -0.3 is 9.88 Å². The summed E-state index contributed by atoms with van der Waals surface area (Å²) in [5.74, 6) is 0.609. The van der Waals surface area contributed by atoms with Gasteiger partial charge >= 0.3 is 0 Å². The molecule has 1 aliphatic heterocycles. The van der Waals surface area contributed by atoms with Crippen LogP contribution in [0.2, 0.25) is 0 Å². The minimum atomic E-state index is -0.447. The van der Waals surface area contributed by atoms with Crippen molar-refractivity contribution in [2.75, 3.05) is 6.54 Å². The number of carbonyl (C=O) groups is 1. The summed E-state index contributed by atoms with van der Waals surface area (Å²) in [7, 11) is 0. The third-order valence-electron chi connectivity index (χ3n) is 4.80. The number of aromatic nitrogens is 2. The van der Waals surface area contributed by atoms with Gasteiger partial charge in [0.1, 0.15) is 5.82 Å². The van der Waals surface area contributed by atoms with Gasteiger partial charge in [0.15, 0.2) is 0 Å². The van der Waals surface area contributed by atoms with E-state index in [1.807, 2.05) is 24.3 Å². The molecule has 1 aliphatic rings. The zero-order valence-corrected chi connectivity index (χ0v) is 14.5. The highest BCUT2D eigenvalue weighted by atomic mass is 16.6. The van der Waals surface area contributed by atoms with Crippen LogP contribution in [0.15, 0.2) is 54.6 Å². The summed E-state index contributed by atoms with van der Waals surface area (Å²) in [4.78, 5) is 33.1. The fraction of sp³-hybridized carbons (Fsp3) is 0.200. The number of hydrogen-bond donors (Lipinski definition) is 1. The molecular weight excluding hydrogens is 344 g/mol. The summed E-state index contributed by atoms with van der Waals surface area (Å²) in [6, 6.07) is 14.0. The summed E-state index contributed by atoms with van der Waals surface area (Å²) in [5, 5.41) is 11.1. The number of fused-ring (bicyclic) bond motifs is 1. The zero-order valence-electron chi connectivity index (χ0n) is 14.5. The summed E-state index contributed by atoms with van der Waals surface area (Å²) in [5.41, 5.74) is 2.22. The maximum atomic E-state index is 12.7. The maximum absolute atomic E-state index is 12.7. The second-order valence-electron chi connectivity index (χ2n) is 6.48. The smallest absolute Gasteiger partial charge is 0.276 e. The van der Waals surface area contributed by atoms with Crippen LogP contribution in [-0.2, 0) is 4.79 Å². The lowest BCUT2D eigenvalue weighted by Crippen LogP contribution is -2.29. The molecule has 1 unspecified atom stereocenters. The Labute approximate surface area is 155 Å². The highest BCUT2D eigenvalue weighted by Gasteiger charge is 2.31. The molecule has 1 atom stereocenters. The number of nitrogens with zero attached hydrogens (tertiary/aromatic N) is 3. The number of carbonyl (C=O) groups excluding carboxylic acids is 1. The number of amides is 1. The van der Waals surface area contributed by atoms with E-state index < -0.39 is 4.92 Å². The first-order valence-electron chi connectivity index (χ1n) is 8.80. The molecule has 0 saturated carbocycles. The van der Waals surface area contributed by atoms with Gasteiger partial charge in [0.05, 0.1) is 27.6 Å². The van der Waals surface area contributed by atoms with Crippen LogP contribution in [0, 0.1) is 10.1 Å². The molecule has 1 fully saturated rings. The van der Waals surface area contributed by atoms with E-state index in [0.717, 1.165) is 29.7 Å². The van der Waals surface area contributed by atoms with E-state index in [2.05, 4.69) is 9.97 Å².